The van der Waals surface area contributed by atoms with E-state index < -0.39 is 21.6 Å². The fourth-order valence-electron chi connectivity index (χ4n) is 1.31. The third-order valence-corrected chi connectivity index (χ3v) is 2.11. The molecule has 17 heavy (non-hydrogen) atoms. The molecule has 0 bridgehead atoms. The van der Waals surface area contributed by atoms with Crippen molar-refractivity contribution in [2.24, 2.45) is 5.73 Å². The normalized spacial score (nSPS) is 11.8. The lowest BCUT2D eigenvalue weighted by Gasteiger charge is -2.04. The Morgan fingerprint density at radius 3 is 2.41 bits per heavy atom. The van der Waals surface area contributed by atoms with E-state index in [0.717, 1.165) is 12.1 Å². The summed E-state index contributed by atoms with van der Waals surface area (Å²) in [6, 6.07) is 2.36. The van der Waals surface area contributed by atoms with Crippen molar-refractivity contribution in [1.29, 1.82) is 0 Å². The average Bonchev–Trinajstić information content (AvgIpc) is 2.28. The Hall–Kier alpha value is -2.35. The van der Waals surface area contributed by atoms with Gasteiger partial charge in [-0.1, -0.05) is 0 Å². The first-order valence-electron chi connectivity index (χ1n) is 4.58. The van der Waals surface area contributed by atoms with Gasteiger partial charge in [-0.05, 0) is 6.07 Å². The molecule has 0 amide bonds. The number of non-ortho nitro benzene ring substituents is 1. The van der Waals surface area contributed by atoms with Crippen LogP contribution in [0, 0.1) is 20.2 Å². The van der Waals surface area contributed by atoms with Crippen molar-refractivity contribution < 1.29 is 14.6 Å². The van der Waals surface area contributed by atoms with E-state index in [1.165, 1.54) is 6.07 Å². The summed E-state index contributed by atoms with van der Waals surface area (Å²) in [5.74, 6) is 0. The highest BCUT2D eigenvalue weighted by atomic mass is 16.6. The molecule has 0 aliphatic heterocycles. The molecule has 90 valence electrons. The number of carbonyl (C=O) groups excluding carboxylic acids is 1. The second kappa shape index (κ2) is 5.12. The molecule has 8 nitrogen and oxygen atoms in total. The zero-order valence-corrected chi connectivity index (χ0v) is 8.61. The lowest BCUT2D eigenvalue weighted by Crippen LogP contribution is -2.24. The van der Waals surface area contributed by atoms with E-state index in [1.807, 2.05) is 0 Å². The molecule has 0 aliphatic carbocycles. The summed E-state index contributed by atoms with van der Waals surface area (Å²) in [5.41, 5.74) is 4.76. The molecule has 0 heterocycles. The largest absolute Gasteiger partial charge is 0.321 e. The smallest absolute Gasteiger partial charge is 0.279 e. The van der Waals surface area contributed by atoms with Gasteiger partial charge in [0.25, 0.3) is 11.4 Å². The summed E-state index contributed by atoms with van der Waals surface area (Å²) < 4.78 is 0. The summed E-state index contributed by atoms with van der Waals surface area (Å²) in [4.78, 5) is 30.1. The van der Waals surface area contributed by atoms with E-state index >= 15 is 0 Å². The summed E-state index contributed by atoms with van der Waals surface area (Å²) in [7, 11) is 0. The fourth-order valence-corrected chi connectivity index (χ4v) is 1.31. The number of nitro benzene ring substituents is 2. The topological polar surface area (TPSA) is 129 Å². The Kier molecular flexibility index (Phi) is 3.83. The Bertz CT molecular complexity index is 474. The van der Waals surface area contributed by atoms with Gasteiger partial charge in [-0.15, -0.1) is 0 Å². The number of rotatable bonds is 5. The average molecular weight is 239 g/mol. The van der Waals surface area contributed by atoms with Crippen molar-refractivity contribution in [3.63, 3.8) is 0 Å². The Balaban J connectivity index is 3.17. The first kappa shape index (κ1) is 12.7. The summed E-state index contributed by atoms with van der Waals surface area (Å²) in [6.45, 7) is 0. The maximum absolute atomic E-state index is 10.7. The van der Waals surface area contributed by atoms with Gasteiger partial charge in [0.1, 0.15) is 6.29 Å². The minimum Gasteiger partial charge on any atom is -0.321 e. The Labute approximate surface area is 95.3 Å². The summed E-state index contributed by atoms with van der Waals surface area (Å²) in [6.07, 6.45) is 0.433. The first-order chi connectivity index (χ1) is 7.95. The third kappa shape index (κ3) is 3.05. The van der Waals surface area contributed by atoms with E-state index in [-0.39, 0.29) is 17.7 Å². The minimum absolute atomic E-state index is 0.0300. The SMILES string of the molecule is N[C@H](C=O)Cc1ccc([N+](=O)[O-])cc1[N+](=O)[O-]. The van der Waals surface area contributed by atoms with Crippen LogP contribution in [0.4, 0.5) is 11.4 Å². The molecule has 8 heteroatoms. The predicted octanol–water partition coefficient (Wildman–Crippen LogP) is 0.572. The van der Waals surface area contributed by atoms with Crippen LogP contribution in [0.5, 0.6) is 0 Å². The van der Waals surface area contributed by atoms with Gasteiger partial charge in [-0.25, -0.2) is 0 Å². The van der Waals surface area contributed by atoms with Gasteiger partial charge in [0.15, 0.2) is 0 Å². The lowest BCUT2D eigenvalue weighted by molar-refractivity contribution is -0.394. The number of nitro groups is 2. The highest BCUT2D eigenvalue weighted by molar-refractivity contribution is 5.59. The quantitative estimate of drug-likeness (QED) is 0.454. The highest BCUT2D eigenvalue weighted by Crippen LogP contribution is 2.25. The summed E-state index contributed by atoms with van der Waals surface area (Å²) in [5, 5.41) is 21.2. The van der Waals surface area contributed by atoms with Crippen molar-refractivity contribution in [2.45, 2.75) is 12.5 Å². The molecule has 0 saturated carbocycles. The fraction of sp³-hybridized carbons (Fsp3) is 0.222. The molecule has 1 atom stereocenters. The Morgan fingerprint density at radius 2 is 1.94 bits per heavy atom. The van der Waals surface area contributed by atoms with Crippen LogP contribution in [-0.4, -0.2) is 22.2 Å². The number of nitrogens with two attached hydrogens (primary N) is 1. The van der Waals surface area contributed by atoms with Crippen molar-refractivity contribution in [2.75, 3.05) is 0 Å². The molecule has 2 N–H and O–H groups in total. The molecule has 0 aliphatic rings. The van der Waals surface area contributed by atoms with E-state index in [1.54, 1.807) is 0 Å². The van der Waals surface area contributed by atoms with Crippen LogP contribution in [0.2, 0.25) is 0 Å². The van der Waals surface area contributed by atoms with Crippen LogP contribution < -0.4 is 5.73 Å². The molecular formula is C9H9N3O5. The monoisotopic (exact) mass is 239 g/mol. The molecule has 0 fully saturated rings. The van der Waals surface area contributed by atoms with Gasteiger partial charge in [-0.3, -0.25) is 20.2 Å². The lowest BCUT2D eigenvalue weighted by atomic mass is 10.0. The maximum Gasteiger partial charge on any atom is 0.279 e. The zero-order valence-electron chi connectivity index (χ0n) is 8.61. The van der Waals surface area contributed by atoms with Crippen LogP contribution in [0.3, 0.4) is 0 Å². The second-order valence-corrected chi connectivity index (χ2v) is 3.33. The van der Waals surface area contributed by atoms with Gasteiger partial charge >= 0.3 is 0 Å². The second-order valence-electron chi connectivity index (χ2n) is 3.33. The zero-order chi connectivity index (χ0) is 13.0. The van der Waals surface area contributed by atoms with Gasteiger partial charge in [-0.2, -0.15) is 0 Å². The van der Waals surface area contributed by atoms with E-state index in [9.17, 15) is 25.0 Å². The molecule has 0 aromatic heterocycles. The van der Waals surface area contributed by atoms with Crippen LogP contribution in [0.15, 0.2) is 18.2 Å². The van der Waals surface area contributed by atoms with E-state index in [4.69, 9.17) is 5.73 Å². The van der Waals surface area contributed by atoms with Crippen molar-refractivity contribution in [1.82, 2.24) is 0 Å². The molecule has 0 spiro atoms. The third-order valence-electron chi connectivity index (χ3n) is 2.11. The molecule has 1 aromatic carbocycles. The number of hydrogen-bond donors (Lipinski definition) is 1. The predicted molar refractivity (Wildman–Crippen MR) is 57.5 cm³/mol. The number of benzene rings is 1. The van der Waals surface area contributed by atoms with E-state index in [2.05, 4.69) is 0 Å². The molecule has 0 saturated heterocycles. The molecular weight excluding hydrogens is 230 g/mol. The minimum atomic E-state index is -0.866. The van der Waals surface area contributed by atoms with Crippen LogP contribution in [0.1, 0.15) is 5.56 Å². The highest BCUT2D eigenvalue weighted by Gasteiger charge is 2.20. The molecule has 0 radical (unpaired) electrons. The standard InChI is InChI=1S/C9H9N3O5/c10-7(5-13)3-6-1-2-8(11(14)15)4-9(6)12(16)17/h1-2,4-5,7H,3,10H2/t7-/m0/s1. The van der Waals surface area contributed by atoms with Gasteiger partial charge in [0.05, 0.1) is 22.0 Å². The summed E-state index contributed by atoms with van der Waals surface area (Å²) >= 11 is 0. The van der Waals surface area contributed by atoms with Crippen molar-refractivity contribution in [3.05, 3.63) is 44.0 Å². The number of nitrogens with zero attached hydrogens (tertiary/aromatic N) is 2. The molecule has 0 unspecified atom stereocenters. The van der Waals surface area contributed by atoms with Crippen molar-refractivity contribution >= 4 is 17.7 Å². The Morgan fingerprint density at radius 1 is 1.29 bits per heavy atom. The first-order valence-corrected chi connectivity index (χ1v) is 4.58. The number of carbonyl (C=O) groups is 1. The maximum atomic E-state index is 10.7. The number of aldehydes is 1. The van der Waals surface area contributed by atoms with Gasteiger partial charge in [0, 0.05) is 18.1 Å². The van der Waals surface area contributed by atoms with Crippen molar-refractivity contribution in [3.8, 4) is 0 Å². The van der Waals surface area contributed by atoms with Gasteiger partial charge < -0.3 is 10.5 Å². The number of hydrogen-bond acceptors (Lipinski definition) is 6. The van der Waals surface area contributed by atoms with Crippen LogP contribution >= 0.6 is 0 Å². The van der Waals surface area contributed by atoms with Crippen LogP contribution in [-0.2, 0) is 11.2 Å². The van der Waals surface area contributed by atoms with Gasteiger partial charge in [0.2, 0.25) is 0 Å². The molecule has 1 rings (SSSR count). The van der Waals surface area contributed by atoms with E-state index in [0.29, 0.717) is 6.29 Å². The molecule has 1 aromatic rings. The van der Waals surface area contributed by atoms with Crippen LogP contribution in [0.25, 0.3) is 0 Å².